The molecular formula is C20H21ClN2O2S. The molecule has 3 rings (SSSR count). The molecule has 6 heteroatoms. The molecule has 0 spiro atoms. The van der Waals surface area contributed by atoms with Crippen molar-refractivity contribution >= 4 is 40.9 Å². The van der Waals surface area contributed by atoms with Crippen LogP contribution in [-0.2, 0) is 10.5 Å². The number of rotatable bonds is 6. The maximum atomic E-state index is 12.6. The van der Waals surface area contributed by atoms with Crippen LogP contribution < -0.4 is 5.32 Å². The summed E-state index contributed by atoms with van der Waals surface area (Å²) in [5.41, 5.74) is 2.27. The van der Waals surface area contributed by atoms with Crippen LogP contribution in [0.2, 0.25) is 5.02 Å². The normalized spacial score (nSPS) is 13.7. The van der Waals surface area contributed by atoms with Crippen LogP contribution in [0.4, 0.5) is 5.69 Å². The minimum absolute atomic E-state index is 0.00721. The molecule has 4 nitrogen and oxygen atoms in total. The molecule has 2 amide bonds. The Morgan fingerprint density at radius 1 is 1.04 bits per heavy atom. The van der Waals surface area contributed by atoms with Gasteiger partial charge in [0.25, 0.3) is 5.91 Å². The molecule has 1 N–H and O–H groups in total. The molecule has 0 unspecified atom stereocenters. The summed E-state index contributed by atoms with van der Waals surface area (Å²) < 4.78 is 0. The van der Waals surface area contributed by atoms with Gasteiger partial charge >= 0.3 is 0 Å². The van der Waals surface area contributed by atoms with Crippen molar-refractivity contribution in [3.8, 4) is 0 Å². The van der Waals surface area contributed by atoms with Crippen molar-refractivity contribution in [2.75, 3.05) is 24.2 Å². The number of hydrogen-bond donors (Lipinski definition) is 1. The third-order valence-corrected chi connectivity index (χ3v) is 5.50. The summed E-state index contributed by atoms with van der Waals surface area (Å²) in [6.07, 6.45) is 2.09. The molecule has 136 valence electrons. The van der Waals surface area contributed by atoms with Crippen molar-refractivity contribution in [3.05, 3.63) is 64.7 Å². The fourth-order valence-electron chi connectivity index (χ4n) is 2.90. The summed E-state index contributed by atoms with van der Waals surface area (Å²) in [5, 5.41) is 3.59. The highest BCUT2D eigenvalue weighted by Crippen LogP contribution is 2.21. The molecule has 0 atom stereocenters. The van der Waals surface area contributed by atoms with Gasteiger partial charge in [0.05, 0.1) is 17.0 Å². The largest absolute Gasteiger partial charge is 0.339 e. The zero-order valence-electron chi connectivity index (χ0n) is 14.4. The monoisotopic (exact) mass is 388 g/mol. The lowest BCUT2D eigenvalue weighted by molar-refractivity contribution is -0.113. The summed E-state index contributed by atoms with van der Waals surface area (Å²) >= 11 is 7.40. The number of nitrogens with one attached hydrogen (secondary N) is 1. The third kappa shape index (κ3) is 5.02. The number of halogens is 1. The summed E-state index contributed by atoms with van der Waals surface area (Å²) in [5.74, 6) is 0.950. The van der Waals surface area contributed by atoms with Gasteiger partial charge < -0.3 is 10.2 Å². The Kier molecular flexibility index (Phi) is 6.58. The number of amides is 2. The van der Waals surface area contributed by atoms with Gasteiger partial charge in [0.2, 0.25) is 5.91 Å². The summed E-state index contributed by atoms with van der Waals surface area (Å²) in [6, 6.07) is 14.8. The fraction of sp³-hybridized carbons (Fsp3) is 0.300. The Morgan fingerprint density at radius 3 is 2.46 bits per heavy atom. The van der Waals surface area contributed by atoms with Gasteiger partial charge in [-0.05, 0) is 42.7 Å². The van der Waals surface area contributed by atoms with Crippen LogP contribution in [0.3, 0.4) is 0 Å². The van der Waals surface area contributed by atoms with E-state index >= 15 is 0 Å². The maximum absolute atomic E-state index is 12.6. The van der Waals surface area contributed by atoms with E-state index in [1.165, 1.54) is 11.8 Å². The Balaban J connectivity index is 1.55. The first-order valence-electron chi connectivity index (χ1n) is 8.64. The average molecular weight is 389 g/mol. The van der Waals surface area contributed by atoms with E-state index < -0.39 is 0 Å². The van der Waals surface area contributed by atoms with E-state index in [1.807, 2.05) is 41.3 Å². The number of thioether (sulfide) groups is 1. The van der Waals surface area contributed by atoms with Gasteiger partial charge in [-0.15, -0.1) is 11.8 Å². The summed E-state index contributed by atoms with van der Waals surface area (Å²) in [4.78, 5) is 26.8. The highest BCUT2D eigenvalue weighted by Gasteiger charge is 2.22. The first-order valence-corrected chi connectivity index (χ1v) is 10.2. The van der Waals surface area contributed by atoms with Gasteiger partial charge in [-0.3, -0.25) is 9.59 Å². The molecule has 1 saturated heterocycles. The average Bonchev–Trinajstić information content (AvgIpc) is 3.18. The molecule has 2 aromatic carbocycles. The maximum Gasteiger partial charge on any atom is 0.255 e. The topological polar surface area (TPSA) is 49.4 Å². The van der Waals surface area contributed by atoms with Crippen molar-refractivity contribution in [2.24, 2.45) is 0 Å². The fourth-order valence-corrected chi connectivity index (χ4v) is 3.81. The zero-order chi connectivity index (χ0) is 18.4. The van der Waals surface area contributed by atoms with Crippen LogP contribution in [0.5, 0.6) is 0 Å². The summed E-state index contributed by atoms with van der Waals surface area (Å²) in [6.45, 7) is 1.58. The number of carbonyl (C=O) groups excluding carboxylic acids is 2. The molecule has 0 saturated carbocycles. The molecular weight excluding hydrogens is 368 g/mol. The lowest BCUT2D eigenvalue weighted by Gasteiger charge is -2.18. The predicted octanol–water partition coefficient (Wildman–Crippen LogP) is 4.45. The lowest BCUT2D eigenvalue weighted by atomic mass is 10.1. The van der Waals surface area contributed by atoms with Crippen molar-refractivity contribution in [1.82, 2.24) is 4.90 Å². The van der Waals surface area contributed by atoms with E-state index in [1.54, 1.807) is 12.1 Å². The Morgan fingerprint density at radius 2 is 1.73 bits per heavy atom. The predicted molar refractivity (Wildman–Crippen MR) is 108 cm³/mol. The second kappa shape index (κ2) is 9.10. The van der Waals surface area contributed by atoms with Crippen molar-refractivity contribution < 1.29 is 9.59 Å². The van der Waals surface area contributed by atoms with Crippen LogP contribution >= 0.6 is 23.4 Å². The second-order valence-corrected chi connectivity index (χ2v) is 7.63. The van der Waals surface area contributed by atoms with Crippen LogP contribution in [0.1, 0.15) is 28.8 Å². The van der Waals surface area contributed by atoms with Gasteiger partial charge in [-0.2, -0.15) is 0 Å². The second-order valence-electron chi connectivity index (χ2n) is 6.21. The number of carbonyl (C=O) groups is 2. The first kappa shape index (κ1) is 18.8. The first-order chi connectivity index (χ1) is 12.6. The van der Waals surface area contributed by atoms with E-state index in [0.717, 1.165) is 37.2 Å². The minimum Gasteiger partial charge on any atom is -0.339 e. The molecule has 0 aliphatic carbocycles. The van der Waals surface area contributed by atoms with Gasteiger partial charge in [0.15, 0.2) is 0 Å². The Labute approximate surface area is 162 Å². The molecule has 0 bridgehead atoms. The zero-order valence-corrected chi connectivity index (χ0v) is 16.0. The summed E-state index contributed by atoms with van der Waals surface area (Å²) in [7, 11) is 0. The number of nitrogens with zero attached hydrogens (tertiary/aromatic N) is 1. The van der Waals surface area contributed by atoms with Crippen molar-refractivity contribution in [2.45, 2.75) is 18.6 Å². The molecule has 26 heavy (non-hydrogen) atoms. The Hall–Kier alpha value is -1.98. The number of para-hydroxylation sites is 1. The van der Waals surface area contributed by atoms with Gasteiger partial charge in [0.1, 0.15) is 0 Å². The lowest BCUT2D eigenvalue weighted by Crippen LogP contribution is -2.29. The van der Waals surface area contributed by atoms with E-state index in [9.17, 15) is 9.59 Å². The number of benzene rings is 2. The minimum atomic E-state index is -0.106. The van der Waals surface area contributed by atoms with Crippen LogP contribution in [0.15, 0.2) is 48.5 Å². The molecule has 0 radical (unpaired) electrons. The molecule has 2 aromatic rings. The highest BCUT2D eigenvalue weighted by atomic mass is 35.5. The smallest absolute Gasteiger partial charge is 0.255 e. The van der Waals surface area contributed by atoms with Gasteiger partial charge in [-0.25, -0.2) is 0 Å². The van der Waals surface area contributed by atoms with E-state index in [-0.39, 0.29) is 11.8 Å². The molecule has 1 aliphatic heterocycles. The van der Waals surface area contributed by atoms with E-state index in [4.69, 9.17) is 11.6 Å². The number of hydrogen-bond acceptors (Lipinski definition) is 3. The van der Waals surface area contributed by atoms with Gasteiger partial charge in [-0.1, -0.05) is 35.9 Å². The van der Waals surface area contributed by atoms with Crippen molar-refractivity contribution in [3.63, 3.8) is 0 Å². The van der Waals surface area contributed by atoms with Crippen LogP contribution in [0.25, 0.3) is 0 Å². The quantitative estimate of drug-likeness (QED) is 0.795. The SMILES string of the molecule is O=C(CSCc1ccc(Cl)cc1)Nc1ccccc1C(=O)N1CCCC1. The molecule has 1 heterocycles. The van der Waals surface area contributed by atoms with Crippen LogP contribution in [0, 0.1) is 0 Å². The standard InChI is InChI=1S/C20H21ClN2O2S/c21-16-9-7-15(8-10-16)13-26-14-19(24)22-18-6-2-1-5-17(18)20(25)23-11-3-4-12-23/h1-2,5-10H,3-4,11-14H2,(H,22,24). The van der Waals surface area contributed by atoms with E-state index in [0.29, 0.717) is 22.0 Å². The van der Waals surface area contributed by atoms with Gasteiger partial charge in [0, 0.05) is 23.9 Å². The van der Waals surface area contributed by atoms with Crippen molar-refractivity contribution in [1.29, 1.82) is 0 Å². The highest BCUT2D eigenvalue weighted by molar-refractivity contribution is 7.99. The van der Waals surface area contributed by atoms with E-state index in [2.05, 4.69) is 5.32 Å². The third-order valence-electron chi connectivity index (χ3n) is 4.24. The number of anilines is 1. The number of likely N-dealkylation sites (tertiary alicyclic amines) is 1. The Bertz CT molecular complexity index is 774. The molecule has 1 aliphatic rings. The van der Waals surface area contributed by atoms with Crippen LogP contribution in [-0.4, -0.2) is 35.6 Å². The molecule has 1 fully saturated rings. The molecule has 0 aromatic heterocycles.